The van der Waals surface area contributed by atoms with Gasteiger partial charge in [0.05, 0.1) is 6.54 Å². The Bertz CT molecular complexity index is 243. The smallest absolute Gasteiger partial charge is 0.303 e. The van der Waals surface area contributed by atoms with Gasteiger partial charge in [-0.2, -0.15) is 0 Å². The van der Waals surface area contributed by atoms with Gasteiger partial charge in [0.15, 0.2) is 0 Å². The summed E-state index contributed by atoms with van der Waals surface area (Å²) in [6.07, 6.45) is 1.69. The summed E-state index contributed by atoms with van der Waals surface area (Å²) in [6.45, 7) is 3.77. The fourth-order valence-electron chi connectivity index (χ4n) is 1.75. The van der Waals surface area contributed by atoms with E-state index in [0.29, 0.717) is 19.5 Å². The molecule has 1 heterocycles. The zero-order valence-corrected chi connectivity index (χ0v) is 9.03. The molecule has 0 radical (unpaired) electrons. The predicted octanol–water partition coefficient (Wildman–Crippen LogP) is 0.0616. The van der Waals surface area contributed by atoms with Crippen LogP contribution in [0.4, 0.5) is 0 Å². The summed E-state index contributed by atoms with van der Waals surface area (Å²) in [7, 11) is 0. The van der Waals surface area contributed by atoms with Crippen LogP contribution < -0.4 is 5.32 Å². The van der Waals surface area contributed by atoms with Gasteiger partial charge in [0.25, 0.3) is 0 Å². The highest BCUT2D eigenvalue weighted by atomic mass is 16.4. The summed E-state index contributed by atoms with van der Waals surface area (Å²) in [6, 6.07) is 0.130. The molecule has 0 spiro atoms. The van der Waals surface area contributed by atoms with Crippen molar-refractivity contribution in [3.63, 3.8) is 0 Å². The Morgan fingerprint density at radius 2 is 2.40 bits per heavy atom. The van der Waals surface area contributed by atoms with Gasteiger partial charge in [-0.05, 0) is 12.8 Å². The standard InChI is InChI=1S/C10H18N2O3/c1-2-5-12-7-8(3-4-10(14)15)11-6-9(12)13/h8,11H,2-7H2,1H3,(H,14,15). The molecule has 86 valence electrons. The van der Waals surface area contributed by atoms with Gasteiger partial charge in [0, 0.05) is 25.6 Å². The highest BCUT2D eigenvalue weighted by molar-refractivity contribution is 5.79. The number of amides is 1. The molecular formula is C10H18N2O3. The molecular weight excluding hydrogens is 196 g/mol. The Hall–Kier alpha value is -1.10. The number of nitrogens with one attached hydrogen (secondary N) is 1. The maximum absolute atomic E-state index is 11.4. The number of carboxylic acids is 1. The van der Waals surface area contributed by atoms with Crippen LogP contribution >= 0.6 is 0 Å². The quantitative estimate of drug-likeness (QED) is 0.679. The van der Waals surface area contributed by atoms with Gasteiger partial charge >= 0.3 is 5.97 Å². The van der Waals surface area contributed by atoms with E-state index >= 15 is 0 Å². The Morgan fingerprint density at radius 1 is 1.67 bits per heavy atom. The lowest BCUT2D eigenvalue weighted by Crippen LogP contribution is -2.54. The van der Waals surface area contributed by atoms with Crippen LogP contribution in [0.25, 0.3) is 0 Å². The Morgan fingerprint density at radius 3 is 3.00 bits per heavy atom. The molecule has 1 rings (SSSR count). The minimum atomic E-state index is -0.782. The lowest BCUT2D eigenvalue weighted by Gasteiger charge is -2.33. The molecule has 1 aliphatic rings. The molecule has 0 saturated carbocycles. The highest BCUT2D eigenvalue weighted by Gasteiger charge is 2.24. The molecule has 1 aliphatic heterocycles. The molecule has 5 nitrogen and oxygen atoms in total. The molecule has 1 saturated heterocycles. The van der Waals surface area contributed by atoms with Gasteiger partial charge in [-0.15, -0.1) is 0 Å². The predicted molar refractivity (Wildman–Crippen MR) is 55.5 cm³/mol. The van der Waals surface area contributed by atoms with E-state index in [1.807, 2.05) is 11.8 Å². The maximum atomic E-state index is 11.4. The minimum absolute atomic E-state index is 0.114. The van der Waals surface area contributed by atoms with E-state index in [9.17, 15) is 9.59 Å². The van der Waals surface area contributed by atoms with Gasteiger partial charge in [0.1, 0.15) is 0 Å². The van der Waals surface area contributed by atoms with Crippen molar-refractivity contribution in [3.05, 3.63) is 0 Å². The molecule has 0 aromatic carbocycles. The first kappa shape index (κ1) is 12.0. The topological polar surface area (TPSA) is 69.6 Å². The monoisotopic (exact) mass is 214 g/mol. The third kappa shape index (κ3) is 3.87. The molecule has 1 atom stereocenters. The van der Waals surface area contributed by atoms with Crippen LogP contribution in [-0.2, 0) is 9.59 Å². The van der Waals surface area contributed by atoms with Gasteiger partial charge < -0.3 is 15.3 Å². The number of carbonyl (C=O) groups excluding carboxylic acids is 1. The van der Waals surface area contributed by atoms with Crippen molar-refractivity contribution in [2.24, 2.45) is 0 Å². The summed E-state index contributed by atoms with van der Waals surface area (Å²) in [4.78, 5) is 23.6. The van der Waals surface area contributed by atoms with E-state index in [1.54, 1.807) is 0 Å². The van der Waals surface area contributed by atoms with Crippen molar-refractivity contribution in [1.29, 1.82) is 0 Å². The van der Waals surface area contributed by atoms with Crippen molar-refractivity contribution in [2.45, 2.75) is 32.2 Å². The molecule has 0 aromatic heterocycles. The van der Waals surface area contributed by atoms with Crippen LogP contribution in [0.1, 0.15) is 26.2 Å². The second-order valence-electron chi connectivity index (χ2n) is 3.85. The first-order valence-electron chi connectivity index (χ1n) is 5.36. The van der Waals surface area contributed by atoms with E-state index in [1.165, 1.54) is 0 Å². The molecule has 0 bridgehead atoms. The molecule has 15 heavy (non-hydrogen) atoms. The first-order valence-corrected chi connectivity index (χ1v) is 5.36. The fourth-order valence-corrected chi connectivity index (χ4v) is 1.75. The maximum Gasteiger partial charge on any atom is 0.303 e. The molecule has 1 amide bonds. The number of nitrogens with zero attached hydrogens (tertiary/aromatic N) is 1. The molecule has 0 aromatic rings. The van der Waals surface area contributed by atoms with Crippen molar-refractivity contribution >= 4 is 11.9 Å². The largest absolute Gasteiger partial charge is 0.481 e. The molecule has 0 aliphatic carbocycles. The number of carboxylic acid groups (broad SMARTS) is 1. The zero-order chi connectivity index (χ0) is 11.3. The number of piperazine rings is 1. The number of hydrogen-bond acceptors (Lipinski definition) is 3. The van der Waals surface area contributed by atoms with E-state index < -0.39 is 5.97 Å². The average Bonchev–Trinajstić information content (AvgIpc) is 2.19. The summed E-state index contributed by atoms with van der Waals surface area (Å²) < 4.78 is 0. The number of hydrogen-bond donors (Lipinski definition) is 2. The van der Waals surface area contributed by atoms with Gasteiger partial charge in [0.2, 0.25) is 5.91 Å². The van der Waals surface area contributed by atoms with Gasteiger partial charge in [-0.1, -0.05) is 6.92 Å². The molecule has 1 fully saturated rings. The minimum Gasteiger partial charge on any atom is -0.481 e. The highest BCUT2D eigenvalue weighted by Crippen LogP contribution is 2.06. The van der Waals surface area contributed by atoms with Crippen molar-refractivity contribution in [2.75, 3.05) is 19.6 Å². The second kappa shape index (κ2) is 5.70. The Kier molecular flexibility index (Phi) is 4.55. The lowest BCUT2D eigenvalue weighted by atomic mass is 10.1. The fraction of sp³-hybridized carbons (Fsp3) is 0.800. The van der Waals surface area contributed by atoms with Crippen molar-refractivity contribution in [1.82, 2.24) is 10.2 Å². The van der Waals surface area contributed by atoms with Crippen molar-refractivity contribution in [3.8, 4) is 0 Å². The van der Waals surface area contributed by atoms with Crippen molar-refractivity contribution < 1.29 is 14.7 Å². The summed E-state index contributed by atoms with van der Waals surface area (Å²) in [5.74, 6) is -0.667. The number of aliphatic carboxylic acids is 1. The van der Waals surface area contributed by atoms with Crippen LogP contribution in [0, 0.1) is 0 Å². The molecule has 2 N–H and O–H groups in total. The third-order valence-corrected chi connectivity index (χ3v) is 2.54. The van der Waals surface area contributed by atoms with Crippen LogP contribution in [0.15, 0.2) is 0 Å². The number of rotatable bonds is 5. The van der Waals surface area contributed by atoms with E-state index in [-0.39, 0.29) is 18.4 Å². The van der Waals surface area contributed by atoms with E-state index in [2.05, 4.69) is 5.32 Å². The molecule has 1 unspecified atom stereocenters. The summed E-state index contributed by atoms with van der Waals surface area (Å²) >= 11 is 0. The number of carbonyl (C=O) groups is 2. The average molecular weight is 214 g/mol. The first-order chi connectivity index (χ1) is 7.13. The van der Waals surface area contributed by atoms with Crippen LogP contribution in [0.3, 0.4) is 0 Å². The van der Waals surface area contributed by atoms with Crippen LogP contribution in [-0.4, -0.2) is 47.6 Å². The van der Waals surface area contributed by atoms with Gasteiger partial charge in [-0.25, -0.2) is 0 Å². The summed E-state index contributed by atoms with van der Waals surface area (Å²) in [5.41, 5.74) is 0. The Labute approximate surface area is 89.4 Å². The zero-order valence-electron chi connectivity index (χ0n) is 9.03. The van der Waals surface area contributed by atoms with Gasteiger partial charge in [-0.3, -0.25) is 9.59 Å². The van der Waals surface area contributed by atoms with E-state index in [0.717, 1.165) is 13.0 Å². The normalized spacial score (nSPS) is 21.8. The third-order valence-electron chi connectivity index (χ3n) is 2.54. The van der Waals surface area contributed by atoms with E-state index in [4.69, 9.17) is 5.11 Å². The van der Waals surface area contributed by atoms with Crippen LogP contribution in [0.2, 0.25) is 0 Å². The summed E-state index contributed by atoms with van der Waals surface area (Å²) in [5, 5.41) is 11.6. The van der Waals surface area contributed by atoms with Crippen LogP contribution in [0.5, 0.6) is 0 Å². The lowest BCUT2D eigenvalue weighted by molar-refractivity contribution is -0.137. The SMILES string of the molecule is CCCN1CC(CCC(=O)O)NCC1=O. The Balaban J connectivity index is 2.36. The molecule has 5 heteroatoms. The second-order valence-corrected chi connectivity index (χ2v) is 3.85.